The molecule has 2 saturated heterocycles. The Morgan fingerprint density at radius 2 is 1.77 bits per heavy atom. The summed E-state index contributed by atoms with van der Waals surface area (Å²) in [6, 6.07) is 6.39. The summed E-state index contributed by atoms with van der Waals surface area (Å²) in [7, 11) is 1.56. The Balaban J connectivity index is 1.74. The Morgan fingerprint density at radius 1 is 1.07 bits per heavy atom. The first-order valence-corrected chi connectivity index (χ1v) is 11.0. The molecular weight excluding hydrogens is 382 g/mol. The number of amides is 3. The van der Waals surface area contributed by atoms with E-state index >= 15 is 0 Å². The average molecular weight is 416 g/mol. The molecule has 0 spiro atoms. The highest BCUT2D eigenvalue weighted by atomic mass is 16.5. The molecule has 0 saturated carbocycles. The first kappa shape index (κ1) is 22.1. The Kier molecular flexibility index (Phi) is 7.71. The second kappa shape index (κ2) is 10.5. The van der Waals surface area contributed by atoms with Crippen LogP contribution in [0.15, 0.2) is 24.3 Å². The third kappa shape index (κ3) is 5.32. The molecule has 2 heterocycles. The molecular formula is C23H33N3O4. The molecule has 1 atom stereocenters. The largest absolute Gasteiger partial charge is 0.497 e. The highest BCUT2D eigenvalue weighted by molar-refractivity contribution is 5.98. The van der Waals surface area contributed by atoms with Crippen molar-refractivity contribution in [3.05, 3.63) is 29.8 Å². The van der Waals surface area contributed by atoms with Crippen LogP contribution in [0.1, 0.15) is 55.8 Å². The Labute approximate surface area is 178 Å². The number of carbonyl (C=O) groups excluding carboxylic acids is 3. The van der Waals surface area contributed by atoms with Gasteiger partial charge in [-0.15, -0.1) is 0 Å². The number of methoxy groups -OCH3 is 1. The third-order valence-corrected chi connectivity index (χ3v) is 6.22. The highest BCUT2D eigenvalue weighted by Gasteiger charge is 2.36. The summed E-state index contributed by atoms with van der Waals surface area (Å²) in [6.07, 6.45) is 5.08. The molecule has 0 aromatic heterocycles. The van der Waals surface area contributed by atoms with Crippen molar-refractivity contribution in [1.29, 1.82) is 0 Å². The number of carbonyl (C=O) groups is 3. The van der Waals surface area contributed by atoms with Crippen molar-refractivity contribution in [3.63, 3.8) is 0 Å². The maximum Gasteiger partial charge on any atom is 0.252 e. The van der Waals surface area contributed by atoms with Gasteiger partial charge in [0.05, 0.1) is 7.11 Å². The van der Waals surface area contributed by atoms with Gasteiger partial charge < -0.3 is 19.9 Å². The van der Waals surface area contributed by atoms with Crippen molar-refractivity contribution in [1.82, 2.24) is 15.1 Å². The minimum atomic E-state index is -0.569. The zero-order chi connectivity index (χ0) is 21.5. The van der Waals surface area contributed by atoms with E-state index in [-0.39, 0.29) is 23.6 Å². The van der Waals surface area contributed by atoms with Crippen molar-refractivity contribution in [2.45, 2.75) is 51.5 Å². The lowest BCUT2D eigenvalue weighted by Crippen LogP contribution is -2.55. The van der Waals surface area contributed by atoms with Gasteiger partial charge in [-0.25, -0.2) is 0 Å². The third-order valence-electron chi connectivity index (χ3n) is 6.22. The van der Waals surface area contributed by atoms with Crippen molar-refractivity contribution in [2.24, 2.45) is 5.92 Å². The van der Waals surface area contributed by atoms with Gasteiger partial charge in [-0.05, 0) is 56.2 Å². The Morgan fingerprint density at radius 3 is 2.40 bits per heavy atom. The molecule has 30 heavy (non-hydrogen) atoms. The fourth-order valence-electron chi connectivity index (χ4n) is 4.39. The van der Waals surface area contributed by atoms with Crippen LogP contribution in [-0.4, -0.2) is 66.9 Å². The molecule has 7 heteroatoms. The van der Waals surface area contributed by atoms with E-state index in [9.17, 15) is 14.4 Å². The minimum absolute atomic E-state index is 0.00575. The molecule has 7 nitrogen and oxygen atoms in total. The van der Waals surface area contributed by atoms with Crippen LogP contribution in [0.4, 0.5) is 0 Å². The predicted octanol–water partition coefficient (Wildman–Crippen LogP) is 2.45. The summed E-state index contributed by atoms with van der Waals surface area (Å²) in [5.74, 6) is 0.512. The van der Waals surface area contributed by atoms with Crippen LogP contribution in [0.5, 0.6) is 5.75 Å². The number of hydrogen-bond donors (Lipinski definition) is 1. The molecule has 3 amide bonds. The summed E-state index contributed by atoms with van der Waals surface area (Å²) in [5.41, 5.74) is 0.476. The van der Waals surface area contributed by atoms with Crippen LogP contribution < -0.4 is 10.1 Å². The highest BCUT2D eigenvalue weighted by Crippen LogP contribution is 2.24. The minimum Gasteiger partial charge on any atom is -0.497 e. The summed E-state index contributed by atoms with van der Waals surface area (Å²) in [6.45, 7) is 4.63. The van der Waals surface area contributed by atoms with E-state index in [1.165, 1.54) is 0 Å². The molecule has 1 aromatic rings. The zero-order valence-electron chi connectivity index (χ0n) is 18.1. The molecule has 1 N–H and O–H groups in total. The number of piperidine rings is 2. The SMILES string of the molecule is CCC(=O)N1CCC([C@@H](NC(=O)c2cccc(OC)c2)C(=O)N2CCCCC2)CC1. The second-order valence-corrected chi connectivity index (χ2v) is 8.14. The topological polar surface area (TPSA) is 79.0 Å². The average Bonchev–Trinajstić information content (AvgIpc) is 2.82. The van der Waals surface area contributed by atoms with Gasteiger partial charge in [0.15, 0.2) is 0 Å². The molecule has 3 rings (SSSR count). The quantitative estimate of drug-likeness (QED) is 0.774. The van der Waals surface area contributed by atoms with Gasteiger partial charge in [0.25, 0.3) is 5.91 Å². The van der Waals surface area contributed by atoms with Crippen molar-refractivity contribution >= 4 is 17.7 Å². The molecule has 1 aromatic carbocycles. The van der Waals surface area contributed by atoms with Crippen molar-refractivity contribution in [3.8, 4) is 5.75 Å². The van der Waals surface area contributed by atoms with Gasteiger partial charge in [-0.1, -0.05) is 13.0 Å². The van der Waals surface area contributed by atoms with Gasteiger partial charge in [-0.2, -0.15) is 0 Å². The number of nitrogens with one attached hydrogen (secondary N) is 1. The van der Waals surface area contributed by atoms with Crippen LogP contribution in [0.3, 0.4) is 0 Å². The molecule has 2 fully saturated rings. The lowest BCUT2D eigenvalue weighted by atomic mass is 9.87. The number of likely N-dealkylation sites (tertiary alicyclic amines) is 2. The summed E-state index contributed by atoms with van der Waals surface area (Å²) in [5, 5.41) is 3.02. The number of rotatable bonds is 6. The maximum absolute atomic E-state index is 13.4. The first-order valence-electron chi connectivity index (χ1n) is 11.0. The summed E-state index contributed by atoms with van der Waals surface area (Å²) in [4.78, 5) is 42.1. The number of nitrogens with zero attached hydrogens (tertiary/aromatic N) is 2. The smallest absolute Gasteiger partial charge is 0.252 e. The van der Waals surface area contributed by atoms with Crippen LogP contribution in [0.2, 0.25) is 0 Å². The van der Waals surface area contributed by atoms with E-state index in [1.807, 2.05) is 16.7 Å². The lowest BCUT2D eigenvalue weighted by Gasteiger charge is -2.38. The normalized spacial score (nSPS) is 18.6. The number of benzene rings is 1. The van der Waals surface area contributed by atoms with Crippen LogP contribution >= 0.6 is 0 Å². The molecule has 0 unspecified atom stereocenters. The van der Waals surface area contributed by atoms with E-state index in [0.717, 1.165) is 32.4 Å². The molecule has 2 aliphatic rings. The molecule has 164 valence electrons. The molecule has 0 aliphatic carbocycles. The second-order valence-electron chi connectivity index (χ2n) is 8.14. The molecule has 2 aliphatic heterocycles. The van der Waals surface area contributed by atoms with E-state index in [0.29, 0.717) is 43.7 Å². The predicted molar refractivity (Wildman–Crippen MR) is 114 cm³/mol. The van der Waals surface area contributed by atoms with Crippen molar-refractivity contribution in [2.75, 3.05) is 33.3 Å². The van der Waals surface area contributed by atoms with E-state index in [1.54, 1.807) is 31.4 Å². The van der Waals surface area contributed by atoms with Crippen LogP contribution in [-0.2, 0) is 9.59 Å². The van der Waals surface area contributed by atoms with Crippen molar-refractivity contribution < 1.29 is 19.1 Å². The van der Waals surface area contributed by atoms with E-state index in [4.69, 9.17) is 4.74 Å². The van der Waals surface area contributed by atoms with E-state index < -0.39 is 6.04 Å². The zero-order valence-corrected chi connectivity index (χ0v) is 18.1. The molecule has 0 radical (unpaired) electrons. The van der Waals surface area contributed by atoms with Gasteiger partial charge in [0.1, 0.15) is 11.8 Å². The Hall–Kier alpha value is -2.57. The first-order chi connectivity index (χ1) is 14.5. The standard InChI is InChI=1S/C23H33N3O4/c1-3-20(27)25-14-10-17(11-15-25)21(23(29)26-12-5-4-6-13-26)24-22(28)18-8-7-9-19(16-18)30-2/h7-9,16-17,21H,3-6,10-15H2,1-2H3,(H,24,28)/t21-/m1/s1. The fourth-order valence-corrected chi connectivity index (χ4v) is 4.39. The fraction of sp³-hybridized carbons (Fsp3) is 0.609. The number of ether oxygens (including phenoxy) is 1. The van der Waals surface area contributed by atoms with Crippen LogP contribution in [0.25, 0.3) is 0 Å². The van der Waals surface area contributed by atoms with Gasteiger partial charge in [-0.3, -0.25) is 14.4 Å². The van der Waals surface area contributed by atoms with Crippen LogP contribution in [0, 0.1) is 5.92 Å². The molecule has 0 bridgehead atoms. The monoisotopic (exact) mass is 415 g/mol. The maximum atomic E-state index is 13.4. The number of hydrogen-bond acceptors (Lipinski definition) is 4. The van der Waals surface area contributed by atoms with E-state index in [2.05, 4.69) is 5.32 Å². The Bertz CT molecular complexity index is 753. The van der Waals surface area contributed by atoms with Gasteiger partial charge >= 0.3 is 0 Å². The summed E-state index contributed by atoms with van der Waals surface area (Å²) < 4.78 is 5.22. The lowest BCUT2D eigenvalue weighted by molar-refractivity contribution is -0.136. The van der Waals surface area contributed by atoms with Gasteiger partial charge in [0.2, 0.25) is 11.8 Å². The summed E-state index contributed by atoms with van der Waals surface area (Å²) >= 11 is 0. The van der Waals surface area contributed by atoms with Gasteiger partial charge in [0, 0.05) is 38.2 Å².